The van der Waals surface area contributed by atoms with E-state index in [2.05, 4.69) is 26.9 Å². The summed E-state index contributed by atoms with van der Waals surface area (Å²) in [4.78, 5) is 2.49. The van der Waals surface area contributed by atoms with Gasteiger partial charge in [-0.15, -0.1) is 0 Å². The predicted molar refractivity (Wildman–Crippen MR) is 83.7 cm³/mol. The Morgan fingerprint density at radius 2 is 1.95 bits per heavy atom. The molecule has 1 aliphatic carbocycles. The summed E-state index contributed by atoms with van der Waals surface area (Å²) >= 11 is 3.26. The van der Waals surface area contributed by atoms with E-state index in [1.165, 1.54) is 5.56 Å². The van der Waals surface area contributed by atoms with Crippen LogP contribution in [0.3, 0.4) is 0 Å². The molecule has 0 radical (unpaired) electrons. The Morgan fingerprint density at radius 3 is 2.65 bits per heavy atom. The fraction of sp³-hybridized carbons (Fsp3) is 0.625. The minimum atomic E-state index is -0.0621. The van der Waals surface area contributed by atoms with Crippen LogP contribution in [0.5, 0.6) is 0 Å². The van der Waals surface area contributed by atoms with Gasteiger partial charge in [-0.2, -0.15) is 0 Å². The summed E-state index contributed by atoms with van der Waals surface area (Å²) in [7, 11) is 0. The largest absolute Gasteiger partial charge is 0.379 e. The average Bonchev–Trinajstić information content (AvgIpc) is 2.53. The lowest BCUT2D eigenvalue weighted by molar-refractivity contribution is 0.0136. The van der Waals surface area contributed by atoms with Crippen molar-refractivity contribution in [1.82, 2.24) is 4.90 Å². The van der Waals surface area contributed by atoms with E-state index in [1.54, 1.807) is 0 Å². The van der Waals surface area contributed by atoms with Crippen LogP contribution in [0.4, 0.5) is 4.39 Å². The quantitative estimate of drug-likeness (QED) is 0.768. The number of rotatable bonds is 1. The van der Waals surface area contributed by atoms with Crippen molar-refractivity contribution in [1.29, 1.82) is 0 Å². The Balaban J connectivity index is 0.000000704. The number of morpholine rings is 1. The van der Waals surface area contributed by atoms with Crippen LogP contribution in [-0.2, 0) is 17.6 Å². The molecule has 1 saturated heterocycles. The number of benzene rings is 1. The molecule has 20 heavy (non-hydrogen) atoms. The van der Waals surface area contributed by atoms with Crippen molar-refractivity contribution >= 4 is 15.9 Å². The van der Waals surface area contributed by atoms with Crippen molar-refractivity contribution in [3.63, 3.8) is 0 Å². The van der Waals surface area contributed by atoms with E-state index in [-0.39, 0.29) is 5.82 Å². The molecule has 4 heteroatoms. The summed E-state index contributed by atoms with van der Waals surface area (Å²) in [5, 5.41) is 0. The van der Waals surface area contributed by atoms with E-state index >= 15 is 0 Å². The van der Waals surface area contributed by atoms with Crippen LogP contribution >= 0.6 is 15.9 Å². The molecule has 1 atom stereocenters. The third-order valence-corrected chi connectivity index (χ3v) is 4.65. The number of nitrogens with zero attached hydrogens (tertiary/aromatic N) is 1. The molecule has 0 bridgehead atoms. The first kappa shape index (κ1) is 15.9. The maximum Gasteiger partial charge on any atom is 0.140 e. The van der Waals surface area contributed by atoms with E-state index in [1.807, 2.05) is 19.9 Å². The van der Waals surface area contributed by atoms with E-state index in [0.29, 0.717) is 10.5 Å². The SMILES string of the molecule is CC.Fc1c(Br)ccc2c1CCC(N1CCOCC1)C2. The van der Waals surface area contributed by atoms with Gasteiger partial charge < -0.3 is 4.74 Å². The van der Waals surface area contributed by atoms with Crippen LogP contribution in [0.2, 0.25) is 0 Å². The van der Waals surface area contributed by atoms with Crippen molar-refractivity contribution in [3.8, 4) is 0 Å². The van der Waals surface area contributed by atoms with Gasteiger partial charge in [-0.3, -0.25) is 4.90 Å². The predicted octanol–water partition coefficient (Wildman–Crippen LogP) is 3.80. The van der Waals surface area contributed by atoms with Gasteiger partial charge in [0, 0.05) is 19.1 Å². The zero-order valence-corrected chi connectivity index (χ0v) is 13.9. The summed E-state index contributed by atoms with van der Waals surface area (Å²) in [6.45, 7) is 7.69. The second-order valence-corrected chi connectivity index (χ2v) is 5.90. The summed E-state index contributed by atoms with van der Waals surface area (Å²) in [5.74, 6) is -0.0621. The van der Waals surface area contributed by atoms with Crippen LogP contribution in [0.25, 0.3) is 0 Å². The zero-order chi connectivity index (χ0) is 14.5. The second kappa shape index (κ2) is 7.53. The molecule has 112 valence electrons. The van der Waals surface area contributed by atoms with E-state index < -0.39 is 0 Å². The highest BCUT2D eigenvalue weighted by Gasteiger charge is 2.27. The Labute approximate surface area is 129 Å². The maximum atomic E-state index is 14.0. The summed E-state index contributed by atoms with van der Waals surface area (Å²) in [5.41, 5.74) is 2.09. The molecule has 1 aliphatic heterocycles. The summed E-state index contributed by atoms with van der Waals surface area (Å²) < 4.78 is 19.9. The number of halogens is 2. The fourth-order valence-electron chi connectivity index (χ4n) is 3.02. The number of hydrogen-bond acceptors (Lipinski definition) is 2. The Hall–Kier alpha value is -0.450. The average molecular weight is 344 g/mol. The van der Waals surface area contributed by atoms with Crippen LogP contribution < -0.4 is 0 Å². The number of hydrogen-bond donors (Lipinski definition) is 0. The van der Waals surface area contributed by atoms with Crippen molar-refractivity contribution in [2.45, 2.75) is 39.2 Å². The summed E-state index contributed by atoms with van der Waals surface area (Å²) in [6.07, 6.45) is 2.88. The lowest BCUT2D eigenvalue weighted by Gasteiger charge is -2.37. The monoisotopic (exact) mass is 343 g/mol. The third-order valence-electron chi connectivity index (χ3n) is 4.04. The van der Waals surface area contributed by atoms with Gasteiger partial charge in [0.1, 0.15) is 5.82 Å². The highest BCUT2D eigenvalue weighted by molar-refractivity contribution is 9.10. The molecule has 0 spiro atoms. The molecule has 0 aromatic heterocycles. The lowest BCUT2D eigenvalue weighted by atomic mass is 9.87. The van der Waals surface area contributed by atoms with Crippen molar-refractivity contribution in [2.75, 3.05) is 26.3 Å². The topological polar surface area (TPSA) is 12.5 Å². The lowest BCUT2D eigenvalue weighted by Crippen LogP contribution is -2.46. The standard InChI is InChI=1S/C14H17BrFNO.C2H6/c15-13-4-1-10-9-11(2-3-12(10)14(13)16)17-5-7-18-8-6-17;1-2/h1,4,11H,2-3,5-9H2;1-2H3. The van der Waals surface area contributed by atoms with Crippen molar-refractivity contribution in [2.24, 2.45) is 0 Å². The van der Waals surface area contributed by atoms with Gasteiger partial charge in [0.2, 0.25) is 0 Å². The zero-order valence-electron chi connectivity index (χ0n) is 12.3. The molecule has 0 N–H and O–H groups in total. The van der Waals surface area contributed by atoms with Crippen LogP contribution in [-0.4, -0.2) is 37.2 Å². The summed E-state index contributed by atoms with van der Waals surface area (Å²) in [6, 6.07) is 4.45. The smallest absolute Gasteiger partial charge is 0.140 e. The highest BCUT2D eigenvalue weighted by Crippen LogP contribution is 2.30. The van der Waals surface area contributed by atoms with Gasteiger partial charge in [-0.05, 0) is 52.4 Å². The minimum Gasteiger partial charge on any atom is -0.379 e. The molecule has 3 rings (SSSR count). The van der Waals surface area contributed by atoms with Gasteiger partial charge in [0.25, 0.3) is 0 Å². The second-order valence-electron chi connectivity index (χ2n) is 5.04. The van der Waals surface area contributed by atoms with Gasteiger partial charge in [0.05, 0.1) is 17.7 Å². The molecular formula is C16H23BrFNO. The highest BCUT2D eigenvalue weighted by atomic mass is 79.9. The fourth-order valence-corrected chi connectivity index (χ4v) is 3.39. The molecule has 1 aromatic rings. The molecule has 1 unspecified atom stereocenters. The number of ether oxygens (including phenoxy) is 1. The van der Waals surface area contributed by atoms with Crippen LogP contribution in [0.15, 0.2) is 16.6 Å². The van der Waals surface area contributed by atoms with Gasteiger partial charge in [-0.25, -0.2) is 4.39 Å². The van der Waals surface area contributed by atoms with E-state index in [0.717, 1.165) is 51.1 Å². The van der Waals surface area contributed by atoms with Crippen molar-refractivity contribution < 1.29 is 9.13 Å². The molecule has 1 aromatic carbocycles. The van der Waals surface area contributed by atoms with E-state index in [4.69, 9.17) is 4.74 Å². The normalized spacial score (nSPS) is 22.7. The first-order valence-corrected chi connectivity index (χ1v) is 8.32. The minimum absolute atomic E-state index is 0.0621. The molecule has 1 heterocycles. The molecule has 2 aliphatic rings. The molecular weight excluding hydrogens is 321 g/mol. The van der Waals surface area contributed by atoms with Crippen molar-refractivity contribution in [3.05, 3.63) is 33.5 Å². The van der Waals surface area contributed by atoms with Crippen LogP contribution in [0, 0.1) is 5.82 Å². The van der Waals surface area contributed by atoms with Gasteiger partial charge in [0.15, 0.2) is 0 Å². The van der Waals surface area contributed by atoms with Crippen LogP contribution in [0.1, 0.15) is 31.4 Å². The maximum absolute atomic E-state index is 14.0. The van der Waals surface area contributed by atoms with Gasteiger partial charge >= 0.3 is 0 Å². The number of fused-ring (bicyclic) bond motifs is 1. The Morgan fingerprint density at radius 1 is 1.25 bits per heavy atom. The van der Waals surface area contributed by atoms with Gasteiger partial charge in [-0.1, -0.05) is 19.9 Å². The first-order chi connectivity index (χ1) is 9.75. The molecule has 0 amide bonds. The Bertz CT molecular complexity index is 446. The molecule has 2 nitrogen and oxygen atoms in total. The molecule has 0 saturated carbocycles. The molecule has 1 fully saturated rings. The third kappa shape index (κ3) is 3.41. The first-order valence-electron chi connectivity index (χ1n) is 7.53. The Kier molecular flexibility index (Phi) is 6.00. The van der Waals surface area contributed by atoms with E-state index in [9.17, 15) is 4.39 Å².